The smallest absolute Gasteiger partial charge is 0.0744 e. The van der Waals surface area contributed by atoms with Crippen molar-refractivity contribution in [2.24, 2.45) is 4.99 Å². The van der Waals surface area contributed by atoms with Crippen LogP contribution in [-0.4, -0.2) is 16.2 Å². The molecule has 2 nitrogen and oxygen atoms in total. The second-order valence-electron chi connectivity index (χ2n) is 6.84. The van der Waals surface area contributed by atoms with Gasteiger partial charge in [-0.2, -0.15) is 0 Å². The lowest BCUT2D eigenvalue weighted by Crippen LogP contribution is -2.30. The molecule has 0 amide bonds. The van der Waals surface area contributed by atoms with Gasteiger partial charge in [-0.3, -0.25) is 9.98 Å². The zero-order chi connectivity index (χ0) is 16.7. The van der Waals surface area contributed by atoms with E-state index in [0.29, 0.717) is 0 Å². The predicted molar refractivity (Wildman–Crippen MR) is 99.5 cm³/mol. The Bertz CT molecular complexity index is 1020. The molecule has 0 bridgehead atoms. The van der Waals surface area contributed by atoms with Crippen molar-refractivity contribution >= 4 is 16.6 Å². The molecule has 4 rings (SSSR count). The molecule has 0 spiro atoms. The molecule has 0 N–H and O–H groups in total. The first-order chi connectivity index (χ1) is 11.6. The van der Waals surface area contributed by atoms with Crippen LogP contribution in [0.4, 0.5) is 0 Å². The molecule has 0 radical (unpaired) electrons. The Balaban J connectivity index is 1.96. The number of benzene rings is 2. The van der Waals surface area contributed by atoms with E-state index in [-0.39, 0.29) is 5.54 Å². The van der Waals surface area contributed by atoms with Crippen molar-refractivity contribution in [3.63, 3.8) is 0 Å². The number of hydrogen-bond donors (Lipinski definition) is 0. The van der Waals surface area contributed by atoms with E-state index < -0.39 is 0 Å². The molecule has 2 heteroatoms. The highest BCUT2D eigenvalue weighted by atomic mass is 14.9. The van der Waals surface area contributed by atoms with Crippen LogP contribution in [0.2, 0.25) is 0 Å². The van der Waals surface area contributed by atoms with Gasteiger partial charge >= 0.3 is 0 Å². The predicted octanol–water partition coefficient (Wildman–Crippen LogP) is 4.39. The number of aromatic nitrogens is 1. The van der Waals surface area contributed by atoms with Crippen LogP contribution in [0.15, 0.2) is 59.7 Å². The molecule has 116 valence electrons. The van der Waals surface area contributed by atoms with Gasteiger partial charge in [-0.25, -0.2) is 0 Å². The second-order valence-corrected chi connectivity index (χ2v) is 6.84. The van der Waals surface area contributed by atoms with E-state index in [2.05, 4.69) is 43.0 Å². The van der Waals surface area contributed by atoms with Crippen LogP contribution in [-0.2, 0) is 6.42 Å². The first-order valence-electron chi connectivity index (χ1n) is 8.11. The van der Waals surface area contributed by atoms with Crippen molar-refractivity contribution in [1.29, 1.82) is 0 Å². The molecule has 0 atom stereocenters. The zero-order valence-electron chi connectivity index (χ0n) is 13.9. The summed E-state index contributed by atoms with van der Waals surface area (Å²) in [5, 5.41) is 1.12. The maximum atomic E-state index is 5.72. The molecule has 0 aliphatic carbocycles. The van der Waals surface area contributed by atoms with Crippen LogP contribution < -0.4 is 0 Å². The third-order valence-electron chi connectivity index (χ3n) is 4.47. The number of para-hydroxylation sites is 1. The van der Waals surface area contributed by atoms with Crippen molar-refractivity contribution in [3.8, 4) is 12.3 Å². The fourth-order valence-corrected chi connectivity index (χ4v) is 3.39. The highest BCUT2D eigenvalue weighted by Gasteiger charge is 2.29. The maximum absolute atomic E-state index is 5.72. The Morgan fingerprint density at radius 1 is 1.08 bits per heavy atom. The van der Waals surface area contributed by atoms with Crippen LogP contribution in [0.5, 0.6) is 0 Å². The van der Waals surface area contributed by atoms with E-state index in [4.69, 9.17) is 11.4 Å². The summed E-state index contributed by atoms with van der Waals surface area (Å²) in [6.07, 6.45) is 8.48. The fraction of sp³-hybridized carbons (Fsp3) is 0.182. The molecule has 0 saturated carbocycles. The summed E-state index contributed by atoms with van der Waals surface area (Å²) in [6, 6.07) is 16.4. The van der Waals surface area contributed by atoms with Crippen LogP contribution in [0.25, 0.3) is 10.9 Å². The zero-order valence-corrected chi connectivity index (χ0v) is 13.9. The quantitative estimate of drug-likeness (QED) is 0.612. The van der Waals surface area contributed by atoms with Gasteiger partial charge in [-0.1, -0.05) is 36.3 Å². The lowest BCUT2D eigenvalue weighted by molar-refractivity contribution is 0.513. The van der Waals surface area contributed by atoms with Crippen molar-refractivity contribution in [1.82, 2.24) is 4.98 Å². The average Bonchev–Trinajstić information content (AvgIpc) is 2.59. The number of terminal acetylenes is 1. The van der Waals surface area contributed by atoms with E-state index in [9.17, 15) is 0 Å². The van der Waals surface area contributed by atoms with Crippen LogP contribution >= 0.6 is 0 Å². The lowest BCUT2D eigenvalue weighted by Gasteiger charge is -2.30. The van der Waals surface area contributed by atoms with Gasteiger partial charge in [0.15, 0.2) is 0 Å². The summed E-state index contributed by atoms with van der Waals surface area (Å²) >= 11 is 0. The maximum Gasteiger partial charge on any atom is 0.0744 e. The van der Waals surface area contributed by atoms with Crippen LogP contribution in [0, 0.1) is 12.3 Å². The normalized spacial score (nSPS) is 15.5. The van der Waals surface area contributed by atoms with Gasteiger partial charge in [-0.05, 0) is 44.0 Å². The number of fused-ring (bicyclic) bond motifs is 2. The second kappa shape index (κ2) is 5.32. The van der Waals surface area contributed by atoms with Gasteiger partial charge in [0.1, 0.15) is 0 Å². The SMILES string of the molecule is C#Cc1cccc2c1CC(C)(C)N=C2c1cnc2ccccc2c1. The summed E-state index contributed by atoms with van der Waals surface area (Å²) in [5.41, 5.74) is 6.13. The first kappa shape index (κ1) is 14.7. The average molecular weight is 310 g/mol. The minimum Gasteiger partial charge on any atom is -0.278 e. The van der Waals surface area contributed by atoms with Gasteiger partial charge in [0.2, 0.25) is 0 Å². The Kier molecular flexibility index (Phi) is 3.25. The summed E-state index contributed by atoms with van der Waals surface area (Å²) in [4.78, 5) is 9.61. The minimum absolute atomic E-state index is 0.180. The van der Waals surface area contributed by atoms with Crippen LogP contribution in [0.3, 0.4) is 0 Å². The molecule has 1 aromatic heterocycles. The summed E-state index contributed by atoms with van der Waals surface area (Å²) in [5.74, 6) is 2.82. The molecule has 0 unspecified atom stereocenters. The largest absolute Gasteiger partial charge is 0.278 e. The van der Waals surface area contributed by atoms with Crippen molar-refractivity contribution in [3.05, 3.63) is 77.0 Å². The van der Waals surface area contributed by atoms with Crippen LogP contribution in [0.1, 0.15) is 36.1 Å². The molecule has 2 heterocycles. The Hall–Kier alpha value is -2.92. The Labute approximate surface area is 142 Å². The molecule has 3 aromatic rings. The molecule has 0 fully saturated rings. The van der Waals surface area contributed by atoms with Gasteiger partial charge < -0.3 is 0 Å². The molecule has 1 aliphatic heterocycles. The first-order valence-corrected chi connectivity index (χ1v) is 8.11. The van der Waals surface area contributed by atoms with E-state index in [0.717, 1.165) is 39.7 Å². The molecular formula is C22H18N2. The standard InChI is InChI=1S/C22H18N2/c1-4-15-9-7-10-18-19(15)13-22(2,3)24-21(18)17-12-16-8-5-6-11-20(16)23-14-17/h1,5-12,14H,13H2,2-3H3. The highest BCUT2D eigenvalue weighted by molar-refractivity contribution is 6.15. The number of aliphatic imine (C=N–C) groups is 1. The van der Waals surface area contributed by atoms with Gasteiger partial charge in [0.05, 0.1) is 16.8 Å². The van der Waals surface area contributed by atoms with E-state index >= 15 is 0 Å². The molecule has 0 saturated heterocycles. The number of pyridine rings is 1. The third kappa shape index (κ3) is 2.39. The Morgan fingerprint density at radius 2 is 1.92 bits per heavy atom. The van der Waals surface area contributed by atoms with Crippen molar-refractivity contribution in [2.75, 3.05) is 0 Å². The van der Waals surface area contributed by atoms with Gasteiger partial charge in [0, 0.05) is 28.3 Å². The Morgan fingerprint density at radius 3 is 2.75 bits per heavy atom. The van der Waals surface area contributed by atoms with E-state index in [1.165, 1.54) is 5.56 Å². The summed E-state index contributed by atoms with van der Waals surface area (Å²) < 4.78 is 0. The lowest BCUT2D eigenvalue weighted by atomic mass is 9.83. The monoisotopic (exact) mass is 310 g/mol. The fourth-order valence-electron chi connectivity index (χ4n) is 3.39. The van der Waals surface area contributed by atoms with E-state index in [1.807, 2.05) is 36.5 Å². The number of rotatable bonds is 1. The molecule has 2 aromatic carbocycles. The number of hydrogen-bond acceptors (Lipinski definition) is 2. The van der Waals surface area contributed by atoms with Gasteiger partial charge in [0.25, 0.3) is 0 Å². The summed E-state index contributed by atoms with van der Waals surface area (Å²) in [6.45, 7) is 4.30. The minimum atomic E-state index is -0.180. The molecular weight excluding hydrogens is 292 g/mol. The third-order valence-corrected chi connectivity index (χ3v) is 4.47. The number of nitrogens with zero attached hydrogens (tertiary/aromatic N) is 2. The summed E-state index contributed by atoms with van der Waals surface area (Å²) in [7, 11) is 0. The van der Waals surface area contributed by atoms with Crippen molar-refractivity contribution < 1.29 is 0 Å². The highest BCUT2D eigenvalue weighted by Crippen LogP contribution is 2.31. The topological polar surface area (TPSA) is 25.2 Å². The van der Waals surface area contributed by atoms with Crippen molar-refractivity contribution in [2.45, 2.75) is 25.8 Å². The van der Waals surface area contributed by atoms with E-state index in [1.54, 1.807) is 0 Å². The molecule has 1 aliphatic rings. The van der Waals surface area contributed by atoms with Gasteiger partial charge in [-0.15, -0.1) is 6.42 Å². The molecule has 24 heavy (non-hydrogen) atoms.